The van der Waals surface area contributed by atoms with Crippen molar-refractivity contribution in [3.63, 3.8) is 0 Å². The monoisotopic (exact) mass is 300 g/mol. The van der Waals surface area contributed by atoms with Gasteiger partial charge in [0.1, 0.15) is 0 Å². The number of nitrogens with one attached hydrogen (secondary N) is 1. The molecule has 1 aromatic carbocycles. The van der Waals surface area contributed by atoms with E-state index in [9.17, 15) is 4.79 Å². The van der Waals surface area contributed by atoms with Crippen LogP contribution in [-0.4, -0.2) is 18.0 Å². The number of amides is 1. The molecule has 0 spiro atoms. The SMILES string of the molecule is NC1(CNC(=O)c2cc(Cl)ccc2Cl)CCCCC1. The van der Waals surface area contributed by atoms with Gasteiger partial charge in [-0.1, -0.05) is 42.5 Å². The fourth-order valence-electron chi connectivity index (χ4n) is 2.46. The van der Waals surface area contributed by atoms with Crippen molar-refractivity contribution < 1.29 is 4.79 Å². The highest BCUT2D eigenvalue weighted by molar-refractivity contribution is 6.35. The number of rotatable bonds is 3. The van der Waals surface area contributed by atoms with E-state index in [0.717, 1.165) is 25.7 Å². The molecule has 1 fully saturated rings. The topological polar surface area (TPSA) is 55.1 Å². The maximum absolute atomic E-state index is 12.1. The molecule has 0 bridgehead atoms. The Morgan fingerprint density at radius 1 is 1.26 bits per heavy atom. The fraction of sp³-hybridized carbons (Fsp3) is 0.500. The average Bonchev–Trinajstić information content (AvgIpc) is 2.40. The van der Waals surface area contributed by atoms with Crippen molar-refractivity contribution in [3.8, 4) is 0 Å². The van der Waals surface area contributed by atoms with Crippen LogP contribution in [0.4, 0.5) is 0 Å². The summed E-state index contributed by atoms with van der Waals surface area (Å²) in [4.78, 5) is 12.1. The molecule has 1 aliphatic rings. The van der Waals surface area contributed by atoms with Gasteiger partial charge in [0.25, 0.3) is 5.91 Å². The van der Waals surface area contributed by atoms with Gasteiger partial charge in [0, 0.05) is 17.1 Å². The molecular formula is C14H18Cl2N2O. The van der Waals surface area contributed by atoms with Gasteiger partial charge >= 0.3 is 0 Å². The van der Waals surface area contributed by atoms with Crippen LogP contribution in [0.2, 0.25) is 10.0 Å². The van der Waals surface area contributed by atoms with Crippen LogP contribution in [0.1, 0.15) is 42.5 Å². The number of carbonyl (C=O) groups is 1. The lowest BCUT2D eigenvalue weighted by atomic mass is 9.82. The van der Waals surface area contributed by atoms with Gasteiger partial charge in [-0.2, -0.15) is 0 Å². The molecule has 1 amide bonds. The molecule has 1 saturated carbocycles. The molecule has 0 unspecified atom stereocenters. The van der Waals surface area contributed by atoms with Gasteiger partial charge in [-0.25, -0.2) is 0 Å². The van der Waals surface area contributed by atoms with E-state index in [1.165, 1.54) is 6.42 Å². The molecule has 3 N–H and O–H groups in total. The molecule has 0 saturated heterocycles. The summed E-state index contributed by atoms with van der Waals surface area (Å²) < 4.78 is 0. The Balaban J connectivity index is 1.99. The summed E-state index contributed by atoms with van der Waals surface area (Å²) in [5.41, 5.74) is 6.40. The minimum absolute atomic E-state index is 0.220. The Morgan fingerprint density at radius 3 is 2.63 bits per heavy atom. The Morgan fingerprint density at radius 2 is 1.95 bits per heavy atom. The average molecular weight is 301 g/mol. The number of hydrogen-bond acceptors (Lipinski definition) is 2. The maximum Gasteiger partial charge on any atom is 0.252 e. The minimum atomic E-state index is -0.279. The molecular weight excluding hydrogens is 283 g/mol. The zero-order valence-electron chi connectivity index (χ0n) is 10.7. The molecule has 5 heteroatoms. The van der Waals surface area contributed by atoms with Gasteiger partial charge in [-0.05, 0) is 31.0 Å². The largest absolute Gasteiger partial charge is 0.350 e. The maximum atomic E-state index is 12.1. The zero-order valence-corrected chi connectivity index (χ0v) is 12.2. The Labute approximate surface area is 123 Å². The number of hydrogen-bond donors (Lipinski definition) is 2. The van der Waals surface area contributed by atoms with E-state index in [-0.39, 0.29) is 11.4 Å². The Kier molecular flexibility index (Phi) is 4.71. The van der Waals surface area contributed by atoms with E-state index in [1.807, 2.05) is 0 Å². The second kappa shape index (κ2) is 6.12. The second-order valence-electron chi connectivity index (χ2n) is 5.23. The second-order valence-corrected chi connectivity index (χ2v) is 6.07. The summed E-state index contributed by atoms with van der Waals surface area (Å²) in [5.74, 6) is -0.220. The normalized spacial score (nSPS) is 18.1. The smallest absolute Gasteiger partial charge is 0.252 e. The van der Waals surface area contributed by atoms with Gasteiger partial charge in [-0.15, -0.1) is 0 Å². The summed E-state index contributed by atoms with van der Waals surface area (Å²) in [6.07, 6.45) is 5.40. The van der Waals surface area contributed by atoms with Crippen LogP contribution >= 0.6 is 23.2 Å². The van der Waals surface area contributed by atoms with Crippen LogP contribution in [0.25, 0.3) is 0 Å². The van der Waals surface area contributed by atoms with E-state index >= 15 is 0 Å². The van der Waals surface area contributed by atoms with Gasteiger partial charge < -0.3 is 11.1 Å². The van der Waals surface area contributed by atoms with Crippen molar-refractivity contribution in [2.75, 3.05) is 6.54 Å². The first-order chi connectivity index (χ1) is 9.00. The number of halogens is 2. The summed E-state index contributed by atoms with van der Waals surface area (Å²) >= 11 is 11.9. The first kappa shape index (κ1) is 14.6. The zero-order chi connectivity index (χ0) is 13.9. The van der Waals surface area contributed by atoms with E-state index in [1.54, 1.807) is 18.2 Å². The lowest BCUT2D eigenvalue weighted by Gasteiger charge is -2.33. The first-order valence-electron chi connectivity index (χ1n) is 6.52. The van der Waals surface area contributed by atoms with Crippen molar-refractivity contribution in [1.29, 1.82) is 0 Å². The summed E-state index contributed by atoms with van der Waals surface area (Å²) in [7, 11) is 0. The highest BCUT2D eigenvalue weighted by Gasteiger charge is 2.28. The van der Waals surface area contributed by atoms with Gasteiger partial charge in [0.15, 0.2) is 0 Å². The molecule has 0 radical (unpaired) electrons. The lowest BCUT2D eigenvalue weighted by molar-refractivity contribution is 0.0938. The van der Waals surface area contributed by atoms with Gasteiger partial charge in [-0.3, -0.25) is 4.79 Å². The Bertz CT molecular complexity index is 471. The molecule has 0 heterocycles. The molecule has 3 nitrogen and oxygen atoms in total. The van der Waals surface area contributed by atoms with Crippen molar-refractivity contribution in [3.05, 3.63) is 33.8 Å². The quantitative estimate of drug-likeness (QED) is 0.899. The molecule has 104 valence electrons. The third kappa shape index (κ3) is 3.85. The first-order valence-corrected chi connectivity index (χ1v) is 7.28. The van der Waals surface area contributed by atoms with E-state index in [4.69, 9.17) is 28.9 Å². The fourth-order valence-corrected chi connectivity index (χ4v) is 2.83. The summed E-state index contributed by atoms with van der Waals surface area (Å²) in [5, 5.41) is 3.76. The van der Waals surface area contributed by atoms with Crippen LogP contribution in [0, 0.1) is 0 Å². The van der Waals surface area contributed by atoms with Crippen LogP contribution in [-0.2, 0) is 0 Å². The highest BCUT2D eigenvalue weighted by Crippen LogP contribution is 2.25. The molecule has 2 rings (SSSR count). The Hall–Kier alpha value is -0.770. The van der Waals surface area contributed by atoms with Crippen molar-refractivity contribution in [1.82, 2.24) is 5.32 Å². The van der Waals surface area contributed by atoms with Crippen LogP contribution in [0.15, 0.2) is 18.2 Å². The number of carbonyl (C=O) groups excluding carboxylic acids is 1. The van der Waals surface area contributed by atoms with Crippen molar-refractivity contribution in [2.24, 2.45) is 5.73 Å². The van der Waals surface area contributed by atoms with Crippen molar-refractivity contribution in [2.45, 2.75) is 37.6 Å². The number of nitrogens with two attached hydrogens (primary N) is 1. The molecule has 1 aromatic rings. The third-order valence-electron chi connectivity index (χ3n) is 3.62. The molecule has 0 aromatic heterocycles. The predicted molar refractivity (Wildman–Crippen MR) is 78.8 cm³/mol. The third-order valence-corrected chi connectivity index (χ3v) is 4.19. The minimum Gasteiger partial charge on any atom is -0.350 e. The van der Waals surface area contributed by atoms with Crippen LogP contribution in [0.5, 0.6) is 0 Å². The lowest BCUT2D eigenvalue weighted by Crippen LogP contribution is -2.51. The molecule has 19 heavy (non-hydrogen) atoms. The standard InChI is InChI=1S/C14H18Cl2N2O/c15-10-4-5-12(16)11(8-10)13(19)18-9-14(17)6-2-1-3-7-14/h4-5,8H,1-3,6-7,9,17H2,(H,18,19). The van der Waals surface area contributed by atoms with E-state index < -0.39 is 0 Å². The molecule has 0 aliphatic heterocycles. The number of benzene rings is 1. The highest BCUT2D eigenvalue weighted by atomic mass is 35.5. The van der Waals surface area contributed by atoms with Gasteiger partial charge in [0.05, 0.1) is 10.6 Å². The van der Waals surface area contributed by atoms with Crippen LogP contribution in [0.3, 0.4) is 0 Å². The predicted octanol–water partition coefficient (Wildman–Crippen LogP) is 3.38. The van der Waals surface area contributed by atoms with Crippen molar-refractivity contribution >= 4 is 29.1 Å². The summed E-state index contributed by atoms with van der Waals surface area (Å²) in [6.45, 7) is 0.481. The van der Waals surface area contributed by atoms with E-state index in [0.29, 0.717) is 22.2 Å². The van der Waals surface area contributed by atoms with Crippen LogP contribution < -0.4 is 11.1 Å². The molecule has 0 atom stereocenters. The molecule has 1 aliphatic carbocycles. The van der Waals surface area contributed by atoms with Gasteiger partial charge in [0.2, 0.25) is 0 Å². The van der Waals surface area contributed by atoms with E-state index in [2.05, 4.69) is 5.32 Å². The summed E-state index contributed by atoms with van der Waals surface area (Å²) in [6, 6.07) is 4.85.